The Morgan fingerprint density at radius 1 is 0.922 bits per heavy atom. The first-order chi connectivity index (χ1) is 31.2. The van der Waals surface area contributed by atoms with E-state index in [0.29, 0.717) is 22.8 Å². The van der Waals surface area contributed by atoms with E-state index in [9.17, 15) is 14.9 Å². The maximum atomic E-state index is 14.2. The van der Waals surface area contributed by atoms with Gasteiger partial charge in [-0.15, -0.1) is 0 Å². The van der Waals surface area contributed by atoms with Crippen molar-refractivity contribution in [1.82, 2.24) is 29.4 Å². The number of methoxy groups -OCH3 is 2. The van der Waals surface area contributed by atoms with Gasteiger partial charge in [0.1, 0.15) is 47.2 Å². The van der Waals surface area contributed by atoms with E-state index in [2.05, 4.69) is 21.1 Å². The molecule has 6 aromatic rings. The fourth-order valence-corrected chi connectivity index (χ4v) is 8.95. The molecule has 8 rings (SSSR count). The van der Waals surface area contributed by atoms with Gasteiger partial charge in [-0.3, -0.25) is 14.2 Å². The van der Waals surface area contributed by atoms with Crippen molar-refractivity contribution in [3.63, 3.8) is 0 Å². The summed E-state index contributed by atoms with van der Waals surface area (Å²) < 4.78 is 47.1. The Hall–Kier alpha value is -6.51. The number of hydroxylamine groups is 2. The number of carbonyl (C=O) groups is 1. The van der Waals surface area contributed by atoms with E-state index in [1.54, 1.807) is 58.3 Å². The number of fused-ring (bicyclic) bond motifs is 2. The molecule has 5 atom stereocenters. The van der Waals surface area contributed by atoms with Gasteiger partial charge < -0.3 is 32.7 Å². The highest BCUT2D eigenvalue weighted by molar-refractivity contribution is 7.46. The number of nitrogens with zero attached hydrogens (tertiary/aromatic N) is 7. The molecule has 2 aliphatic heterocycles. The van der Waals surface area contributed by atoms with Crippen LogP contribution in [-0.2, 0) is 33.8 Å². The molecule has 4 heterocycles. The minimum Gasteiger partial charge on any atom is -0.497 e. The van der Waals surface area contributed by atoms with Crippen LogP contribution in [0.3, 0.4) is 0 Å². The fourth-order valence-electron chi connectivity index (χ4n) is 7.90. The Morgan fingerprint density at radius 2 is 1.56 bits per heavy atom. The lowest BCUT2D eigenvalue weighted by Crippen LogP contribution is -2.63. The normalized spacial score (nSPS) is 19.7. The van der Waals surface area contributed by atoms with E-state index in [4.69, 9.17) is 37.6 Å². The van der Waals surface area contributed by atoms with Crippen molar-refractivity contribution in [2.24, 2.45) is 0 Å². The van der Waals surface area contributed by atoms with Crippen LogP contribution < -0.4 is 19.9 Å². The number of carbonyl (C=O) groups excluding carboxylic acids is 1. The summed E-state index contributed by atoms with van der Waals surface area (Å²) in [5.74, 6) is 1.53. The third-order valence-corrected chi connectivity index (χ3v) is 12.0. The van der Waals surface area contributed by atoms with Crippen LogP contribution in [0.4, 0.5) is 0 Å². The fraction of sp³-hybridized carbons (Fsp3) is 0.304. The zero-order chi connectivity index (χ0) is 44.7. The summed E-state index contributed by atoms with van der Waals surface area (Å²) in [6, 6.07) is 35.9. The molecule has 2 aliphatic rings. The van der Waals surface area contributed by atoms with Crippen molar-refractivity contribution >= 4 is 14.3 Å². The summed E-state index contributed by atoms with van der Waals surface area (Å²) in [5.41, 5.74) is -0.718. The van der Waals surface area contributed by atoms with Gasteiger partial charge in [0.2, 0.25) is 0 Å². The molecule has 0 N–H and O–H groups in total. The highest BCUT2D eigenvalue weighted by Gasteiger charge is 2.65. The maximum absolute atomic E-state index is 14.2. The average molecular weight is 888 g/mol. The van der Waals surface area contributed by atoms with Crippen LogP contribution >= 0.6 is 8.38 Å². The molecule has 330 valence electrons. The molecule has 4 aromatic carbocycles. The van der Waals surface area contributed by atoms with Gasteiger partial charge in [0.25, 0.3) is 5.91 Å². The highest BCUT2D eigenvalue weighted by atomic mass is 31.2. The predicted octanol–water partition coefficient (Wildman–Crippen LogP) is 5.90. The number of hydrogen-bond acceptors (Lipinski definition) is 14. The summed E-state index contributed by atoms with van der Waals surface area (Å²) >= 11 is 0. The van der Waals surface area contributed by atoms with Gasteiger partial charge in [0.15, 0.2) is 33.1 Å². The number of aromatic nitrogens is 5. The lowest BCUT2D eigenvalue weighted by Gasteiger charge is -2.45. The van der Waals surface area contributed by atoms with Gasteiger partial charge >= 0.3 is 5.69 Å². The van der Waals surface area contributed by atoms with E-state index in [0.717, 1.165) is 16.7 Å². The third kappa shape index (κ3) is 8.97. The van der Waals surface area contributed by atoms with E-state index >= 15 is 0 Å². The van der Waals surface area contributed by atoms with Crippen LogP contribution in [0.2, 0.25) is 0 Å². The lowest BCUT2D eigenvalue weighted by molar-refractivity contribution is -0.260. The summed E-state index contributed by atoms with van der Waals surface area (Å²) in [7, 11) is 1.52. The molecule has 0 spiro atoms. The van der Waals surface area contributed by atoms with Crippen LogP contribution in [0, 0.1) is 18.3 Å². The van der Waals surface area contributed by atoms with Gasteiger partial charge in [-0.25, -0.2) is 19.5 Å². The van der Waals surface area contributed by atoms with Crippen molar-refractivity contribution < 1.29 is 42.4 Å². The van der Waals surface area contributed by atoms with Crippen molar-refractivity contribution in [2.45, 2.75) is 43.0 Å². The summed E-state index contributed by atoms with van der Waals surface area (Å²) in [4.78, 5) is 43.3. The molecular formula is C46H46N7O10P. The molecule has 0 saturated carbocycles. The molecule has 2 fully saturated rings. The van der Waals surface area contributed by atoms with Crippen molar-refractivity contribution in [3.8, 4) is 29.1 Å². The summed E-state index contributed by atoms with van der Waals surface area (Å²) in [6.45, 7) is 2.82. The second-order valence-corrected chi connectivity index (χ2v) is 16.3. The van der Waals surface area contributed by atoms with Gasteiger partial charge in [-0.1, -0.05) is 72.8 Å². The Balaban J connectivity index is 1.27. The van der Waals surface area contributed by atoms with Crippen LogP contribution in [0.1, 0.15) is 34.9 Å². The minimum absolute atomic E-state index is 0.116. The molecule has 18 heteroatoms. The van der Waals surface area contributed by atoms with Gasteiger partial charge in [0, 0.05) is 18.4 Å². The van der Waals surface area contributed by atoms with E-state index < -0.39 is 49.6 Å². The predicted molar refractivity (Wildman–Crippen MR) is 232 cm³/mol. The molecule has 0 aliphatic carbocycles. The first kappa shape index (κ1) is 44.1. The zero-order valence-corrected chi connectivity index (χ0v) is 36.4. The molecule has 2 unspecified atom stereocenters. The van der Waals surface area contributed by atoms with E-state index in [-0.39, 0.29) is 38.6 Å². The van der Waals surface area contributed by atoms with Crippen molar-refractivity contribution in [3.05, 3.63) is 161 Å². The van der Waals surface area contributed by atoms with Gasteiger partial charge in [0.05, 0.1) is 46.5 Å². The van der Waals surface area contributed by atoms with Crippen molar-refractivity contribution in [2.75, 3.05) is 47.2 Å². The number of hydrogen-bond donors (Lipinski definition) is 0. The standard InChI is InChI=1S/C46H46N7O10P/c1-32-26-51(44(55)50-42(32)52-31-48-30-49-52)43-40-41(63-64(4)60-25-11-24-47)45(61-43,28-53(62-40)39(54)27-58-38-14-9-6-10-15-38)29-59-46(33-12-7-5-8-13-33,34-16-20-36(56-2)21-17-34)35-18-22-37(57-3)23-19-35/h5-10,12-23,26,30-31,40-41,43H,11,25,27-29H2,1-4H3/t40-,41?,43+,45+,64?/m0/s1. The van der Waals surface area contributed by atoms with Crippen LogP contribution in [0.5, 0.6) is 17.2 Å². The molecule has 64 heavy (non-hydrogen) atoms. The van der Waals surface area contributed by atoms with Crippen molar-refractivity contribution in [1.29, 1.82) is 5.26 Å². The van der Waals surface area contributed by atoms with Crippen LogP contribution in [0.15, 0.2) is 133 Å². The number of ether oxygens (including phenoxy) is 5. The Labute approximate surface area is 370 Å². The Bertz CT molecular complexity index is 2550. The molecule has 0 radical (unpaired) electrons. The topological polar surface area (TPSA) is 184 Å². The third-order valence-electron chi connectivity index (χ3n) is 11.0. The Kier molecular flexibility index (Phi) is 13.4. The maximum Gasteiger partial charge on any atom is 0.351 e. The highest BCUT2D eigenvalue weighted by Crippen LogP contribution is 2.52. The SMILES string of the molecule is COc1ccc(C(OC[C@]23CN(C(=O)COc4ccccc4)O[C@@H](C2OP(C)OCCC#N)[C@H](n2cc(C)c(-n4cncn4)nc2=O)O3)(c2ccccc2)c2ccc(OC)cc2)cc1. The number of rotatable bonds is 18. The Morgan fingerprint density at radius 3 is 2.17 bits per heavy atom. The van der Waals surface area contributed by atoms with Crippen LogP contribution in [0.25, 0.3) is 5.82 Å². The first-order valence-corrected chi connectivity index (χ1v) is 22.0. The zero-order valence-electron chi connectivity index (χ0n) is 35.6. The van der Waals surface area contributed by atoms with E-state index in [1.165, 1.54) is 27.0 Å². The minimum atomic E-state index is -1.68. The van der Waals surface area contributed by atoms with Gasteiger partial charge in [-0.05, 0) is 60.0 Å². The lowest BCUT2D eigenvalue weighted by atomic mass is 9.79. The largest absolute Gasteiger partial charge is 0.497 e. The first-order valence-electron chi connectivity index (χ1n) is 20.3. The molecule has 2 bridgehead atoms. The molecule has 17 nitrogen and oxygen atoms in total. The second-order valence-electron chi connectivity index (χ2n) is 15.0. The second kappa shape index (κ2) is 19.5. The number of amides is 1. The number of benzene rings is 4. The summed E-state index contributed by atoms with van der Waals surface area (Å²) in [5, 5.41) is 14.6. The van der Waals surface area contributed by atoms with Crippen LogP contribution in [-0.4, -0.2) is 100 Å². The van der Waals surface area contributed by atoms with Gasteiger partial charge in [-0.2, -0.15) is 15.3 Å². The molecular weight excluding hydrogens is 842 g/mol. The van der Waals surface area contributed by atoms with E-state index in [1.807, 2.05) is 84.9 Å². The number of nitriles is 1. The number of para-hydroxylation sites is 1. The molecule has 2 saturated heterocycles. The number of aryl methyl sites for hydroxylation is 1. The molecule has 1 amide bonds. The molecule has 2 aromatic heterocycles. The monoisotopic (exact) mass is 887 g/mol. The smallest absolute Gasteiger partial charge is 0.351 e. The summed E-state index contributed by atoms with van der Waals surface area (Å²) in [6.07, 6.45) is 1.15. The quantitative estimate of drug-likeness (QED) is 0.0564. The average Bonchev–Trinajstić information content (AvgIpc) is 3.92.